The molecule has 0 aromatic carbocycles. The molecule has 1 aromatic heterocycles. The Morgan fingerprint density at radius 1 is 1.57 bits per heavy atom. The van der Waals surface area contributed by atoms with Gasteiger partial charge < -0.3 is 4.74 Å². The van der Waals surface area contributed by atoms with Crippen LogP contribution in [0.5, 0.6) is 0 Å². The molecule has 0 N–H and O–H groups in total. The van der Waals surface area contributed by atoms with Gasteiger partial charge in [-0.1, -0.05) is 13.8 Å². The molecule has 0 bridgehead atoms. The largest absolute Gasteiger partial charge is 0.379 e. The summed E-state index contributed by atoms with van der Waals surface area (Å²) >= 11 is 0. The summed E-state index contributed by atoms with van der Waals surface area (Å²) in [6.45, 7) is 6.05. The Balaban J connectivity index is 2.32. The number of aromatic nitrogens is 2. The van der Waals surface area contributed by atoms with Crippen LogP contribution in [0.4, 0.5) is 0 Å². The molecule has 4 nitrogen and oxygen atoms in total. The molecule has 0 aliphatic rings. The van der Waals surface area contributed by atoms with E-state index < -0.39 is 0 Å². The van der Waals surface area contributed by atoms with Crippen LogP contribution in [0, 0.1) is 5.92 Å². The maximum atomic E-state index is 11.2. The third kappa shape index (κ3) is 3.70. The van der Waals surface area contributed by atoms with E-state index in [9.17, 15) is 4.79 Å². The summed E-state index contributed by atoms with van der Waals surface area (Å²) in [5, 5.41) is 0. The molecule has 0 spiro atoms. The SMILES string of the molecule is CC(C)COCCn1cnccc1=O. The van der Waals surface area contributed by atoms with Gasteiger partial charge in [-0.2, -0.15) is 0 Å². The van der Waals surface area contributed by atoms with Gasteiger partial charge in [0, 0.05) is 18.9 Å². The fourth-order valence-electron chi connectivity index (χ4n) is 1.03. The van der Waals surface area contributed by atoms with E-state index >= 15 is 0 Å². The first-order valence-corrected chi connectivity index (χ1v) is 4.78. The average molecular weight is 196 g/mol. The molecular weight excluding hydrogens is 180 g/mol. The van der Waals surface area contributed by atoms with Gasteiger partial charge in [0.15, 0.2) is 0 Å². The summed E-state index contributed by atoms with van der Waals surface area (Å²) in [5.41, 5.74) is -0.0341. The second kappa shape index (κ2) is 5.54. The zero-order valence-corrected chi connectivity index (χ0v) is 8.64. The molecule has 0 fully saturated rings. The van der Waals surface area contributed by atoms with Gasteiger partial charge in [-0.25, -0.2) is 4.98 Å². The van der Waals surface area contributed by atoms with Gasteiger partial charge in [-0.05, 0) is 5.92 Å². The van der Waals surface area contributed by atoms with Crippen LogP contribution in [0.25, 0.3) is 0 Å². The zero-order chi connectivity index (χ0) is 10.4. The van der Waals surface area contributed by atoms with Crippen molar-refractivity contribution in [3.63, 3.8) is 0 Å². The Kier molecular flexibility index (Phi) is 4.32. The lowest BCUT2D eigenvalue weighted by Crippen LogP contribution is -2.21. The van der Waals surface area contributed by atoms with Crippen LogP contribution in [0.2, 0.25) is 0 Å². The third-order valence-electron chi connectivity index (χ3n) is 1.72. The first-order valence-electron chi connectivity index (χ1n) is 4.78. The van der Waals surface area contributed by atoms with E-state index in [0.29, 0.717) is 19.1 Å². The average Bonchev–Trinajstić information content (AvgIpc) is 2.15. The summed E-state index contributed by atoms with van der Waals surface area (Å²) in [6, 6.07) is 1.45. The molecule has 1 heterocycles. The van der Waals surface area contributed by atoms with Crippen molar-refractivity contribution in [1.29, 1.82) is 0 Å². The lowest BCUT2D eigenvalue weighted by atomic mass is 10.2. The van der Waals surface area contributed by atoms with Crippen molar-refractivity contribution in [3.05, 3.63) is 28.9 Å². The van der Waals surface area contributed by atoms with Crippen molar-refractivity contribution in [2.75, 3.05) is 13.2 Å². The van der Waals surface area contributed by atoms with Crippen molar-refractivity contribution in [2.24, 2.45) is 5.92 Å². The predicted molar refractivity (Wildman–Crippen MR) is 54.2 cm³/mol. The van der Waals surface area contributed by atoms with Gasteiger partial charge >= 0.3 is 0 Å². The maximum absolute atomic E-state index is 11.2. The van der Waals surface area contributed by atoms with E-state index in [1.165, 1.54) is 18.6 Å². The molecule has 0 radical (unpaired) electrons. The predicted octanol–water partition coefficient (Wildman–Crippen LogP) is 0.916. The summed E-state index contributed by atoms with van der Waals surface area (Å²) in [7, 11) is 0. The molecule has 1 aromatic rings. The molecule has 0 unspecified atom stereocenters. The summed E-state index contributed by atoms with van der Waals surface area (Å²) < 4.78 is 6.91. The van der Waals surface area contributed by atoms with Crippen molar-refractivity contribution in [3.8, 4) is 0 Å². The summed E-state index contributed by atoms with van der Waals surface area (Å²) in [6.07, 6.45) is 3.02. The van der Waals surface area contributed by atoms with E-state index in [1.54, 1.807) is 4.57 Å². The fourth-order valence-corrected chi connectivity index (χ4v) is 1.03. The standard InChI is InChI=1S/C10H16N2O2/c1-9(2)7-14-6-5-12-8-11-4-3-10(12)13/h3-4,8-9H,5-7H2,1-2H3. The zero-order valence-electron chi connectivity index (χ0n) is 8.64. The first-order chi connectivity index (χ1) is 6.70. The Morgan fingerprint density at radius 3 is 3.00 bits per heavy atom. The smallest absolute Gasteiger partial charge is 0.253 e. The van der Waals surface area contributed by atoms with E-state index in [4.69, 9.17) is 4.74 Å². The Hall–Kier alpha value is -1.16. The molecule has 14 heavy (non-hydrogen) atoms. The Morgan fingerprint density at radius 2 is 2.36 bits per heavy atom. The van der Waals surface area contributed by atoms with Gasteiger partial charge in [0.05, 0.1) is 19.5 Å². The quantitative estimate of drug-likeness (QED) is 0.658. The minimum absolute atomic E-state index is 0.0341. The minimum atomic E-state index is -0.0341. The maximum Gasteiger partial charge on any atom is 0.253 e. The molecule has 4 heteroatoms. The van der Waals surface area contributed by atoms with Crippen LogP contribution in [0.15, 0.2) is 23.4 Å². The highest BCUT2D eigenvalue weighted by atomic mass is 16.5. The van der Waals surface area contributed by atoms with Crippen LogP contribution in [0.1, 0.15) is 13.8 Å². The monoisotopic (exact) mass is 196 g/mol. The highest BCUT2D eigenvalue weighted by molar-refractivity contribution is 4.81. The number of hydrogen-bond donors (Lipinski definition) is 0. The van der Waals surface area contributed by atoms with E-state index in [2.05, 4.69) is 18.8 Å². The topological polar surface area (TPSA) is 44.1 Å². The number of rotatable bonds is 5. The van der Waals surface area contributed by atoms with Gasteiger partial charge in [0.2, 0.25) is 0 Å². The van der Waals surface area contributed by atoms with Crippen molar-refractivity contribution in [1.82, 2.24) is 9.55 Å². The highest BCUT2D eigenvalue weighted by Gasteiger charge is 1.96. The summed E-state index contributed by atoms with van der Waals surface area (Å²) in [5.74, 6) is 0.528. The van der Waals surface area contributed by atoms with E-state index in [-0.39, 0.29) is 5.56 Å². The van der Waals surface area contributed by atoms with Crippen LogP contribution < -0.4 is 5.56 Å². The molecule has 0 saturated heterocycles. The summed E-state index contributed by atoms with van der Waals surface area (Å²) in [4.78, 5) is 15.1. The fraction of sp³-hybridized carbons (Fsp3) is 0.600. The Bertz CT molecular complexity index is 320. The molecular formula is C10H16N2O2. The van der Waals surface area contributed by atoms with Gasteiger partial charge in [-0.3, -0.25) is 9.36 Å². The van der Waals surface area contributed by atoms with Crippen molar-refractivity contribution < 1.29 is 4.74 Å². The molecule has 0 amide bonds. The molecule has 1 rings (SSSR count). The van der Waals surface area contributed by atoms with Gasteiger partial charge in [0.1, 0.15) is 0 Å². The normalized spacial score (nSPS) is 10.8. The second-order valence-corrected chi connectivity index (χ2v) is 3.58. The van der Waals surface area contributed by atoms with Gasteiger partial charge in [0.25, 0.3) is 5.56 Å². The number of ether oxygens (including phenoxy) is 1. The van der Waals surface area contributed by atoms with Crippen LogP contribution in [-0.2, 0) is 11.3 Å². The molecule has 0 aliphatic carbocycles. The highest BCUT2D eigenvalue weighted by Crippen LogP contribution is 1.92. The number of hydrogen-bond acceptors (Lipinski definition) is 3. The van der Waals surface area contributed by atoms with Crippen molar-refractivity contribution >= 4 is 0 Å². The Labute approximate surface area is 83.5 Å². The molecule has 78 valence electrons. The lowest BCUT2D eigenvalue weighted by molar-refractivity contribution is 0.102. The minimum Gasteiger partial charge on any atom is -0.379 e. The van der Waals surface area contributed by atoms with E-state index in [0.717, 1.165) is 6.61 Å². The van der Waals surface area contributed by atoms with Crippen LogP contribution in [0.3, 0.4) is 0 Å². The van der Waals surface area contributed by atoms with E-state index in [1.807, 2.05) is 0 Å². The molecule has 0 saturated carbocycles. The van der Waals surface area contributed by atoms with Crippen LogP contribution >= 0.6 is 0 Å². The second-order valence-electron chi connectivity index (χ2n) is 3.58. The third-order valence-corrected chi connectivity index (χ3v) is 1.72. The van der Waals surface area contributed by atoms with Gasteiger partial charge in [-0.15, -0.1) is 0 Å². The number of nitrogens with zero attached hydrogens (tertiary/aromatic N) is 2. The lowest BCUT2D eigenvalue weighted by Gasteiger charge is -2.07. The molecule has 0 atom stereocenters. The van der Waals surface area contributed by atoms with Crippen LogP contribution in [-0.4, -0.2) is 22.8 Å². The first kappa shape index (κ1) is 10.9. The molecule has 0 aliphatic heterocycles. The van der Waals surface area contributed by atoms with Crippen molar-refractivity contribution in [2.45, 2.75) is 20.4 Å².